The molecule has 0 radical (unpaired) electrons. The smallest absolute Gasteiger partial charge is 0.0317 e. The Kier molecular flexibility index (Phi) is 3.30. The van der Waals surface area contributed by atoms with Crippen molar-refractivity contribution in [3.8, 4) is 0 Å². The lowest BCUT2D eigenvalue weighted by molar-refractivity contribution is 0.279. The molecule has 0 saturated carbocycles. The molecule has 92 valence electrons. The van der Waals surface area contributed by atoms with E-state index in [-0.39, 0.29) is 0 Å². The maximum absolute atomic E-state index is 5.84. The summed E-state index contributed by atoms with van der Waals surface area (Å²) in [6, 6.07) is 6.36. The Morgan fingerprint density at radius 1 is 1.24 bits per heavy atom. The maximum atomic E-state index is 5.84. The normalized spacial score (nSPS) is 24.8. The van der Waals surface area contributed by atoms with E-state index in [0.717, 1.165) is 24.0 Å². The van der Waals surface area contributed by atoms with Crippen molar-refractivity contribution in [3.63, 3.8) is 0 Å². The van der Waals surface area contributed by atoms with Crippen LogP contribution in [0.1, 0.15) is 30.4 Å². The van der Waals surface area contributed by atoms with E-state index in [9.17, 15) is 0 Å². The first-order chi connectivity index (χ1) is 8.31. The molecule has 1 atom stereocenters. The predicted octanol–water partition coefficient (Wildman–Crippen LogP) is 2.87. The highest BCUT2D eigenvalue weighted by Crippen LogP contribution is 2.30. The summed E-state index contributed by atoms with van der Waals surface area (Å²) in [4.78, 5) is 2.58. The van der Waals surface area contributed by atoms with Gasteiger partial charge in [-0.25, -0.2) is 0 Å². The number of nitrogens with two attached hydrogens (primary N) is 1. The number of benzene rings is 1. The molecule has 0 spiro atoms. The van der Waals surface area contributed by atoms with Crippen molar-refractivity contribution < 1.29 is 0 Å². The van der Waals surface area contributed by atoms with Crippen LogP contribution in [0.25, 0.3) is 0 Å². The fourth-order valence-corrected chi connectivity index (χ4v) is 4.21. The summed E-state index contributed by atoms with van der Waals surface area (Å²) in [6.45, 7) is 3.46. The van der Waals surface area contributed by atoms with Crippen LogP contribution >= 0.6 is 11.8 Å². The van der Waals surface area contributed by atoms with E-state index in [2.05, 4.69) is 28.8 Å². The van der Waals surface area contributed by atoms with Gasteiger partial charge in [0.2, 0.25) is 0 Å². The van der Waals surface area contributed by atoms with Crippen molar-refractivity contribution in [1.82, 2.24) is 4.90 Å². The number of rotatable bonds is 2. The van der Waals surface area contributed by atoms with Crippen LogP contribution in [-0.4, -0.2) is 22.4 Å². The number of hydrogen-bond donors (Lipinski definition) is 1. The highest BCUT2D eigenvalue weighted by Gasteiger charge is 2.23. The molecular formula is C14H20N2S. The predicted molar refractivity (Wildman–Crippen MR) is 75.1 cm³/mol. The summed E-state index contributed by atoms with van der Waals surface area (Å²) in [5.74, 6) is 1.36. The van der Waals surface area contributed by atoms with Gasteiger partial charge in [0.05, 0.1) is 0 Å². The molecule has 1 aromatic rings. The molecule has 1 unspecified atom stereocenters. The van der Waals surface area contributed by atoms with Crippen LogP contribution in [0, 0.1) is 0 Å². The first kappa shape index (κ1) is 11.4. The first-order valence-electron chi connectivity index (χ1n) is 6.52. The quantitative estimate of drug-likeness (QED) is 0.816. The minimum absolute atomic E-state index is 0.857. The lowest BCUT2D eigenvalue weighted by Gasteiger charge is -2.26. The van der Waals surface area contributed by atoms with E-state index in [0.29, 0.717) is 0 Å². The molecule has 2 heterocycles. The number of thioether (sulfide) groups is 1. The molecule has 0 amide bonds. The minimum Gasteiger partial charge on any atom is -0.399 e. The van der Waals surface area contributed by atoms with E-state index in [4.69, 9.17) is 5.73 Å². The number of anilines is 1. The summed E-state index contributed by atoms with van der Waals surface area (Å²) in [5, 5.41) is 0.857. The SMILES string of the molecule is Nc1ccc2c(c1)CN(CC1CCCCS1)C2. The molecule has 2 N–H and O–H groups in total. The summed E-state index contributed by atoms with van der Waals surface area (Å²) in [5.41, 5.74) is 9.65. The maximum Gasteiger partial charge on any atom is 0.0317 e. The minimum atomic E-state index is 0.857. The molecule has 1 aromatic carbocycles. The number of hydrogen-bond acceptors (Lipinski definition) is 3. The van der Waals surface area contributed by atoms with Crippen molar-refractivity contribution in [3.05, 3.63) is 29.3 Å². The molecule has 17 heavy (non-hydrogen) atoms. The standard InChI is InChI=1S/C14H20N2S/c15-13-5-4-11-8-16(9-12(11)7-13)10-14-3-1-2-6-17-14/h4-5,7,14H,1-3,6,8-10,15H2. The van der Waals surface area contributed by atoms with E-state index >= 15 is 0 Å². The fourth-order valence-electron chi connectivity index (χ4n) is 2.85. The van der Waals surface area contributed by atoms with Crippen LogP contribution in [0.2, 0.25) is 0 Å². The number of fused-ring (bicyclic) bond motifs is 1. The zero-order valence-electron chi connectivity index (χ0n) is 10.2. The van der Waals surface area contributed by atoms with Crippen molar-refractivity contribution in [2.75, 3.05) is 18.0 Å². The third-order valence-electron chi connectivity index (χ3n) is 3.75. The van der Waals surface area contributed by atoms with Gasteiger partial charge in [-0.2, -0.15) is 11.8 Å². The van der Waals surface area contributed by atoms with Gasteiger partial charge in [0, 0.05) is 30.6 Å². The highest BCUT2D eigenvalue weighted by atomic mass is 32.2. The summed E-state index contributed by atoms with van der Waals surface area (Å²) in [6.07, 6.45) is 4.24. The van der Waals surface area contributed by atoms with Crippen LogP contribution < -0.4 is 5.73 Å². The van der Waals surface area contributed by atoms with Gasteiger partial charge in [-0.15, -0.1) is 0 Å². The Morgan fingerprint density at radius 2 is 2.12 bits per heavy atom. The van der Waals surface area contributed by atoms with Crippen molar-refractivity contribution in [2.45, 2.75) is 37.6 Å². The van der Waals surface area contributed by atoms with Gasteiger partial charge < -0.3 is 5.73 Å². The molecule has 1 fully saturated rings. The van der Waals surface area contributed by atoms with Gasteiger partial charge in [-0.1, -0.05) is 12.5 Å². The second-order valence-electron chi connectivity index (χ2n) is 5.19. The van der Waals surface area contributed by atoms with Crippen LogP contribution in [0.15, 0.2) is 18.2 Å². The second kappa shape index (κ2) is 4.91. The largest absolute Gasteiger partial charge is 0.399 e. The lowest BCUT2D eigenvalue weighted by Crippen LogP contribution is -2.28. The van der Waals surface area contributed by atoms with E-state index in [1.807, 2.05) is 6.07 Å². The topological polar surface area (TPSA) is 29.3 Å². The molecular weight excluding hydrogens is 228 g/mol. The highest BCUT2D eigenvalue weighted by molar-refractivity contribution is 7.99. The van der Waals surface area contributed by atoms with Crippen LogP contribution in [-0.2, 0) is 13.1 Å². The lowest BCUT2D eigenvalue weighted by atomic mass is 10.1. The van der Waals surface area contributed by atoms with E-state index in [1.165, 1.54) is 42.7 Å². The average Bonchev–Trinajstić information content (AvgIpc) is 2.71. The summed E-state index contributed by atoms with van der Waals surface area (Å²) in [7, 11) is 0. The molecule has 2 aliphatic heterocycles. The molecule has 2 nitrogen and oxygen atoms in total. The Morgan fingerprint density at radius 3 is 2.94 bits per heavy atom. The van der Waals surface area contributed by atoms with Gasteiger partial charge in [-0.05, 0) is 41.9 Å². The summed E-state index contributed by atoms with van der Waals surface area (Å²) < 4.78 is 0. The molecule has 3 heteroatoms. The van der Waals surface area contributed by atoms with Gasteiger partial charge in [0.15, 0.2) is 0 Å². The summed E-state index contributed by atoms with van der Waals surface area (Å²) >= 11 is 2.17. The van der Waals surface area contributed by atoms with Crippen molar-refractivity contribution in [1.29, 1.82) is 0 Å². The number of nitrogens with zero attached hydrogens (tertiary/aromatic N) is 1. The second-order valence-corrected chi connectivity index (χ2v) is 6.59. The van der Waals surface area contributed by atoms with Crippen LogP contribution in [0.5, 0.6) is 0 Å². The number of nitrogen functional groups attached to an aromatic ring is 1. The Balaban J connectivity index is 1.61. The molecule has 0 aromatic heterocycles. The Bertz CT molecular complexity index is 399. The van der Waals surface area contributed by atoms with Crippen LogP contribution in [0.4, 0.5) is 5.69 Å². The zero-order chi connectivity index (χ0) is 11.7. The molecule has 2 aliphatic rings. The zero-order valence-corrected chi connectivity index (χ0v) is 11.0. The third kappa shape index (κ3) is 2.61. The van der Waals surface area contributed by atoms with E-state index < -0.39 is 0 Å². The molecule has 1 saturated heterocycles. The van der Waals surface area contributed by atoms with Crippen molar-refractivity contribution >= 4 is 17.4 Å². The third-order valence-corrected chi connectivity index (χ3v) is 5.13. The van der Waals surface area contributed by atoms with Gasteiger partial charge >= 0.3 is 0 Å². The Hall–Kier alpha value is -0.670. The molecule has 0 aliphatic carbocycles. The monoisotopic (exact) mass is 248 g/mol. The van der Waals surface area contributed by atoms with Crippen LogP contribution in [0.3, 0.4) is 0 Å². The fraction of sp³-hybridized carbons (Fsp3) is 0.571. The molecule has 3 rings (SSSR count). The Labute approximate surface area is 108 Å². The van der Waals surface area contributed by atoms with Crippen molar-refractivity contribution in [2.24, 2.45) is 0 Å². The van der Waals surface area contributed by atoms with Gasteiger partial charge in [-0.3, -0.25) is 4.90 Å². The van der Waals surface area contributed by atoms with E-state index in [1.54, 1.807) is 0 Å². The first-order valence-corrected chi connectivity index (χ1v) is 7.57. The van der Waals surface area contributed by atoms with Gasteiger partial charge in [0.1, 0.15) is 0 Å². The molecule has 0 bridgehead atoms. The average molecular weight is 248 g/mol. The van der Waals surface area contributed by atoms with Gasteiger partial charge in [0.25, 0.3) is 0 Å².